The molecule has 0 bridgehead atoms. The van der Waals surface area contributed by atoms with Gasteiger partial charge < -0.3 is 15.6 Å². The Morgan fingerprint density at radius 2 is 1.79 bits per heavy atom. The molecular formula is C20H24N4. The summed E-state index contributed by atoms with van der Waals surface area (Å²) in [5.41, 5.74) is 5.10. The molecule has 3 aromatic rings. The summed E-state index contributed by atoms with van der Waals surface area (Å²) < 4.78 is 0. The van der Waals surface area contributed by atoms with E-state index in [0.717, 1.165) is 25.5 Å². The molecule has 3 N–H and O–H groups in total. The number of fused-ring (bicyclic) bond motifs is 1. The van der Waals surface area contributed by atoms with E-state index >= 15 is 0 Å². The first-order valence-electron chi connectivity index (χ1n) is 8.32. The Kier molecular flexibility index (Phi) is 5.16. The molecule has 4 heteroatoms. The molecule has 3 rings (SSSR count). The summed E-state index contributed by atoms with van der Waals surface area (Å²) in [7, 11) is 1.80. The van der Waals surface area contributed by atoms with Gasteiger partial charge in [0.2, 0.25) is 0 Å². The van der Waals surface area contributed by atoms with Crippen molar-refractivity contribution in [2.24, 2.45) is 4.99 Å². The molecular weight excluding hydrogens is 296 g/mol. The molecule has 0 fully saturated rings. The molecule has 0 aliphatic carbocycles. The van der Waals surface area contributed by atoms with Crippen LogP contribution in [0.3, 0.4) is 0 Å². The van der Waals surface area contributed by atoms with Gasteiger partial charge in [-0.3, -0.25) is 4.99 Å². The minimum Gasteiger partial charge on any atom is -0.361 e. The van der Waals surface area contributed by atoms with Crippen molar-refractivity contribution in [3.8, 4) is 0 Å². The SMILES string of the molecule is CN=C(NCCc1c[nH]c2ccccc12)NCc1ccccc1C. The first-order chi connectivity index (χ1) is 11.8. The summed E-state index contributed by atoms with van der Waals surface area (Å²) in [5.74, 6) is 0.832. The summed E-state index contributed by atoms with van der Waals surface area (Å²) in [5, 5.41) is 8.06. The summed E-state index contributed by atoms with van der Waals surface area (Å²) >= 11 is 0. The average Bonchev–Trinajstić information content (AvgIpc) is 3.02. The van der Waals surface area contributed by atoms with Gasteiger partial charge in [0.1, 0.15) is 0 Å². The summed E-state index contributed by atoms with van der Waals surface area (Å²) in [6, 6.07) is 16.8. The highest BCUT2D eigenvalue weighted by molar-refractivity contribution is 5.83. The Balaban J connectivity index is 1.52. The summed E-state index contributed by atoms with van der Waals surface area (Å²) in [6.07, 6.45) is 3.05. The number of nitrogens with zero attached hydrogens (tertiary/aromatic N) is 1. The van der Waals surface area contributed by atoms with Gasteiger partial charge in [0.05, 0.1) is 0 Å². The molecule has 0 unspecified atom stereocenters. The molecule has 1 heterocycles. The second-order valence-corrected chi connectivity index (χ2v) is 5.89. The number of benzene rings is 2. The van der Waals surface area contributed by atoms with E-state index in [1.54, 1.807) is 7.05 Å². The van der Waals surface area contributed by atoms with Crippen molar-refractivity contribution in [3.05, 3.63) is 71.4 Å². The molecule has 0 saturated carbocycles. The number of aromatic nitrogens is 1. The van der Waals surface area contributed by atoms with Gasteiger partial charge in [-0.25, -0.2) is 0 Å². The number of para-hydroxylation sites is 1. The largest absolute Gasteiger partial charge is 0.361 e. The van der Waals surface area contributed by atoms with Crippen LogP contribution in [0.5, 0.6) is 0 Å². The lowest BCUT2D eigenvalue weighted by molar-refractivity contribution is 0.794. The predicted molar refractivity (Wildman–Crippen MR) is 101 cm³/mol. The van der Waals surface area contributed by atoms with Crippen LogP contribution in [0, 0.1) is 6.92 Å². The van der Waals surface area contributed by atoms with E-state index < -0.39 is 0 Å². The number of rotatable bonds is 5. The first kappa shape index (κ1) is 16.1. The van der Waals surface area contributed by atoms with Crippen LogP contribution >= 0.6 is 0 Å². The van der Waals surface area contributed by atoms with E-state index in [0.29, 0.717) is 0 Å². The highest BCUT2D eigenvalue weighted by atomic mass is 15.2. The van der Waals surface area contributed by atoms with Crippen molar-refractivity contribution in [1.29, 1.82) is 0 Å². The fourth-order valence-electron chi connectivity index (χ4n) is 2.86. The second kappa shape index (κ2) is 7.68. The summed E-state index contributed by atoms with van der Waals surface area (Å²) in [4.78, 5) is 7.62. The van der Waals surface area contributed by atoms with E-state index in [1.165, 1.54) is 27.6 Å². The Labute approximate surface area is 143 Å². The van der Waals surface area contributed by atoms with Crippen LogP contribution < -0.4 is 10.6 Å². The molecule has 4 nitrogen and oxygen atoms in total. The number of aromatic amines is 1. The maximum Gasteiger partial charge on any atom is 0.191 e. The monoisotopic (exact) mass is 320 g/mol. The number of aryl methyl sites for hydroxylation is 1. The highest BCUT2D eigenvalue weighted by Crippen LogP contribution is 2.17. The van der Waals surface area contributed by atoms with Crippen molar-refractivity contribution in [3.63, 3.8) is 0 Å². The Hall–Kier alpha value is -2.75. The van der Waals surface area contributed by atoms with Crippen molar-refractivity contribution in [1.82, 2.24) is 15.6 Å². The van der Waals surface area contributed by atoms with Gasteiger partial charge in [-0.2, -0.15) is 0 Å². The van der Waals surface area contributed by atoms with Crippen molar-refractivity contribution in [2.75, 3.05) is 13.6 Å². The van der Waals surface area contributed by atoms with Crippen LogP contribution in [-0.4, -0.2) is 24.5 Å². The van der Waals surface area contributed by atoms with Gasteiger partial charge in [-0.15, -0.1) is 0 Å². The van der Waals surface area contributed by atoms with Gasteiger partial charge >= 0.3 is 0 Å². The third-order valence-electron chi connectivity index (χ3n) is 4.29. The van der Waals surface area contributed by atoms with Crippen LogP contribution in [0.15, 0.2) is 59.7 Å². The van der Waals surface area contributed by atoms with Crippen molar-refractivity contribution < 1.29 is 0 Å². The van der Waals surface area contributed by atoms with E-state index in [-0.39, 0.29) is 0 Å². The summed E-state index contributed by atoms with van der Waals surface area (Å²) in [6.45, 7) is 3.75. The minimum atomic E-state index is 0.777. The molecule has 1 aromatic heterocycles. The molecule has 0 spiro atoms. The Bertz CT molecular complexity index is 832. The molecule has 0 aliphatic heterocycles. The standard InChI is InChI=1S/C20H24N4/c1-15-7-3-4-8-16(15)13-24-20(21-2)22-12-11-17-14-23-19-10-6-5-9-18(17)19/h3-10,14,23H,11-13H2,1-2H3,(H2,21,22,24). The van der Waals surface area contributed by atoms with Gasteiger partial charge in [0.15, 0.2) is 5.96 Å². The number of hydrogen-bond acceptors (Lipinski definition) is 1. The number of hydrogen-bond donors (Lipinski definition) is 3. The first-order valence-corrected chi connectivity index (χ1v) is 8.32. The van der Waals surface area contributed by atoms with Gasteiger partial charge in [-0.1, -0.05) is 42.5 Å². The molecule has 24 heavy (non-hydrogen) atoms. The topological polar surface area (TPSA) is 52.2 Å². The van der Waals surface area contributed by atoms with Crippen LogP contribution in [-0.2, 0) is 13.0 Å². The van der Waals surface area contributed by atoms with Gasteiger partial charge in [-0.05, 0) is 36.1 Å². The van der Waals surface area contributed by atoms with Gasteiger partial charge in [0, 0.05) is 37.2 Å². The maximum absolute atomic E-state index is 4.30. The third kappa shape index (κ3) is 3.77. The normalized spacial score (nSPS) is 11.7. The lowest BCUT2D eigenvalue weighted by Gasteiger charge is -2.13. The quantitative estimate of drug-likeness (QED) is 0.498. The van der Waals surface area contributed by atoms with Crippen LogP contribution in [0.4, 0.5) is 0 Å². The fourth-order valence-corrected chi connectivity index (χ4v) is 2.86. The number of guanidine groups is 1. The molecule has 124 valence electrons. The molecule has 2 aromatic carbocycles. The lowest BCUT2D eigenvalue weighted by atomic mass is 10.1. The Morgan fingerprint density at radius 3 is 2.62 bits per heavy atom. The number of H-pyrrole nitrogens is 1. The van der Waals surface area contributed by atoms with Crippen LogP contribution in [0.1, 0.15) is 16.7 Å². The number of aliphatic imine (C=N–C) groups is 1. The molecule has 0 amide bonds. The second-order valence-electron chi connectivity index (χ2n) is 5.89. The van der Waals surface area contributed by atoms with Crippen LogP contribution in [0.25, 0.3) is 10.9 Å². The zero-order valence-corrected chi connectivity index (χ0v) is 14.3. The molecule has 0 atom stereocenters. The third-order valence-corrected chi connectivity index (χ3v) is 4.29. The highest BCUT2D eigenvalue weighted by Gasteiger charge is 2.04. The van der Waals surface area contributed by atoms with E-state index in [1.807, 2.05) is 0 Å². The minimum absolute atomic E-state index is 0.777. The van der Waals surface area contributed by atoms with Crippen molar-refractivity contribution >= 4 is 16.9 Å². The lowest BCUT2D eigenvalue weighted by Crippen LogP contribution is -2.37. The van der Waals surface area contributed by atoms with Crippen molar-refractivity contribution in [2.45, 2.75) is 19.9 Å². The fraction of sp³-hybridized carbons (Fsp3) is 0.250. The molecule has 0 radical (unpaired) electrons. The Morgan fingerprint density at radius 1 is 1.00 bits per heavy atom. The molecule has 0 aliphatic rings. The smallest absolute Gasteiger partial charge is 0.191 e. The average molecular weight is 320 g/mol. The molecule has 0 saturated heterocycles. The zero-order valence-electron chi connectivity index (χ0n) is 14.3. The van der Waals surface area contributed by atoms with E-state index in [2.05, 4.69) is 82.3 Å². The van der Waals surface area contributed by atoms with Gasteiger partial charge in [0.25, 0.3) is 0 Å². The maximum atomic E-state index is 4.30. The van der Waals surface area contributed by atoms with E-state index in [4.69, 9.17) is 0 Å². The van der Waals surface area contributed by atoms with Crippen LogP contribution in [0.2, 0.25) is 0 Å². The van der Waals surface area contributed by atoms with E-state index in [9.17, 15) is 0 Å². The predicted octanol–water partition coefficient (Wildman–Crippen LogP) is 3.38. The zero-order chi connectivity index (χ0) is 16.8. The number of nitrogens with one attached hydrogen (secondary N) is 3.